The molecule has 0 heterocycles. The zero-order chi connectivity index (χ0) is 18.0. The maximum absolute atomic E-state index is 11.4. The highest BCUT2D eigenvalue weighted by atomic mass is 32.2. The lowest BCUT2D eigenvalue weighted by molar-refractivity contribution is 0.171. The van der Waals surface area contributed by atoms with Gasteiger partial charge in [-0.05, 0) is 56.0 Å². The third-order valence-electron chi connectivity index (χ3n) is 5.47. The van der Waals surface area contributed by atoms with E-state index < -0.39 is 0 Å². The van der Waals surface area contributed by atoms with Crippen molar-refractivity contribution in [3.63, 3.8) is 0 Å². The summed E-state index contributed by atoms with van der Waals surface area (Å²) in [5.41, 5.74) is 1.11. The van der Waals surface area contributed by atoms with Crippen molar-refractivity contribution in [1.82, 2.24) is 5.32 Å². The standard InChI is InChI=1S/C20H38N2OS/c1-6-9-18(24-5)19(22-23)17(4)11-14-21-20(12-7-2)13-8-10-16(3)15-20/h16-17,21H,6-15H2,1-5H3/b19-18-. The van der Waals surface area contributed by atoms with E-state index in [9.17, 15) is 4.91 Å². The molecule has 0 bridgehead atoms. The molecule has 1 fully saturated rings. The van der Waals surface area contributed by atoms with E-state index in [0.717, 1.165) is 37.4 Å². The molecule has 0 aliphatic heterocycles. The lowest BCUT2D eigenvalue weighted by Gasteiger charge is -2.41. The summed E-state index contributed by atoms with van der Waals surface area (Å²) < 4.78 is 0. The van der Waals surface area contributed by atoms with Crippen molar-refractivity contribution in [2.24, 2.45) is 17.0 Å². The summed E-state index contributed by atoms with van der Waals surface area (Å²) in [5, 5.41) is 7.28. The van der Waals surface area contributed by atoms with Crippen molar-refractivity contribution >= 4 is 11.8 Å². The Kier molecular flexibility index (Phi) is 10.2. The predicted molar refractivity (Wildman–Crippen MR) is 108 cm³/mol. The van der Waals surface area contributed by atoms with E-state index in [1.54, 1.807) is 11.8 Å². The number of rotatable bonds is 11. The van der Waals surface area contributed by atoms with Crippen molar-refractivity contribution in [2.75, 3.05) is 12.8 Å². The van der Waals surface area contributed by atoms with Gasteiger partial charge in [-0.25, -0.2) is 0 Å². The van der Waals surface area contributed by atoms with Gasteiger partial charge in [0.25, 0.3) is 0 Å². The first-order valence-electron chi connectivity index (χ1n) is 9.87. The fourth-order valence-electron chi connectivity index (χ4n) is 4.28. The Morgan fingerprint density at radius 2 is 2.12 bits per heavy atom. The Morgan fingerprint density at radius 1 is 1.38 bits per heavy atom. The molecule has 140 valence electrons. The van der Waals surface area contributed by atoms with Crippen LogP contribution < -0.4 is 5.32 Å². The molecular weight excluding hydrogens is 316 g/mol. The summed E-state index contributed by atoms with van der Waals surface area (Å²) in [6.07, 6.45) is 12.9. The predicted octanol–water partition coefficient (Wildman–Crippen LogP) is 6.49. The molecule has 0 aromatic rings. The van der Waals surface area contributed by atoms with Crippen molar-refractivity contribution in [1.29, 1.82) is 0 Å². The Balaban J connectivity index is 2.64. The second-order valence-corrected chi connectivity index (χ2v) is 8.60. The van der Waals surface area contributed by atoms with Gasteiger partial charge in [0.15, 0.2) is 0 Å². The van der Waals surface area contributed by atoms with Gasteiger partial charge in [-0.2, -0.15) is 0 Å². The van der Waals surface area contributed by atoms with Gasteiger partial charge in [0.1, 0.15) is 0 Å². The molecule has 1 aliphatic carbocycles. The van der Waals surface area contributed by atoms with Crippen molar-refractivity contribution in [3.8, 4) is 0 Å². The second kappa shape index (κ2) is 11.3. The van der Waals surface area contributed by atoms with Crippen LogP contribution in [0.1, 0.15) is 85.5 Å². The molecule has 0 amide bonds. The fourth-order valence-corrected chi connectivity index (χ4v) is 5.14. The van der Waals surface area contributed by atoms with Gasteiger partial charge < -0.3 is 5.32 Å². The largest absolute Gasteiger partial charge is 0.311 e. The SMILES string of the molecule is CCC/C(SC)=C(/N=O)C(C)CCNC1(CCC)CCCC(C)C1. The number of allylic oxidation sites excluding steroid dienone is 2. The molecule has 0 spiro atoms. The second-order valence-electron chi connectivity index (χ2n) is 7.70. The molecule has 0 saturated heterocycles. The van der Waals surface area contributed by atoms with Crippen LogP contribution in [-0.4, -0.2) is 18.3 Å². The van der Waals surface area contributed by atoms with Crippen LogP contribution in [0.3, 0.4) is 0 Å². The van der Waals surface area contributed by atoms with E-state index in [1.165, 1.54) is 43.4 Å². The van der Waals surface area contributed by atoms with Crippen LogP contribution in [0.15, 0.2) is 15.8 Å². The number of nitrogens with one attached hydrogen (secondary N) is 1. The number of hydrogen-bond acceptors (Lipinski definition) is 4. The molecule has 4 heteroatoms. The minimum Gasteiger partial charge on any atom is -0.311 e. The van der Waals surface area contributed by atoms with Gasteiger partial charge in [-0.1, -0.05) is 53.4 Å². The molecule has 1 rings (SSSR count). The van der Waals surface area contributed by atoms with Gasteiger partial charge in [-0.3, -0.25) is 0 Å². The zero-order valence-electron chi connectivity index (χ0n) is 16.5. The number of nitrogens with zero attached hydrogens (tertiary/aromatic N) is 1. The lowest BCUT2D eigenvalue weighted by atomic mass is 9.74. The van der Waals surface area contributed by atoms with Crippen LogP contribution in [0.5, 0.6) is 0 Å². The third-order valence-corrected chi connectivity index (χ3v) is 6.38. The van der Waals surface area contributed by atoms with Crippen molar-refractivity contribution < 1.29 is 0 Å². The Labute approximate surface area is 153 Å². The van der Waals surface area contributed by atoms with E-state index in [2.05, 4.69) is 44.4 Å². The van der Waals surface area contributed by atoms with E-state index in [-0.39, 0.29) is 5.92 Å². The topological polar surface area (TPSA) is 41.5 Å². The highest BCUT2D eigenvalue weighted by molar-refractivity contribution is 8.02. The van der Waals surface area contributed by atoms with E-state index in [4.69, 9.17) is 0 Å². The molecule has 3 unspecified atom stereocenters. The van der Waals surface area contributed by atoms with Crippen LogP contribution in [0, 0.1) is 16.7 Å². The molecule has 1 aliphatic rings. The first-order chi connectivity index (χ1) is 11.5. The first kappa shape index (κ1) is 21.7. The minimum atomic E-state index is 0.240. The number of hydrogen-bond donors (Lipinski definition) is 1. The molecular formula is C20H38N2OS. The van der Waals surface area contributed by atoms with Crippen LogP contribution in [0.25, 0.3) is 0 Å². The summed E-state index contributed by atoms with van der Waals surface area (Å²) in [7, 11) is 0. The number of nitroso groups, excluding NO2 is 1. The Morgan fingerprint density at radius 3 is 2.67 bits per heavy atom. The Hall–Kier alpha value is -0.350. The maximum Gasteiger partial charge on any atom is 0.0971 e. The van der Waals surface area contributed by atoms with Gasteiger partial charge in [-0.15, -0.1) is 16.7 Å². The highest BCUT2D eigenvalue weighted by Gasteiger charge is 2.33. The van der Waals surface area contributed by atoms with Gasteiger partial charge >= 0.3 is 0 Å². The van der Waals surface area contributed by atoms with Gasteiger partial charge in [0.05, 0.1) is 5.70 Å². The van der Waals surface area contributed by atoms with Crippen LogP contribution in [0.2, 0.25) is 0 Å². The lowest BCUT2D eigenvalue weighted by Crippen LogP contribution is -2.49. The summed E-state index contributed by atoms with van der Waals surface area (Å²) >= 11 is 1.69. The van der Waals surface area contributed by atoms with Crippen LogP contribution in [-0.2, 0) is 0 Å². The average Bonchev–Trinajstić information content (AvgIpc) is 2.55. The monoisotopic (exact) mass is 354 g/mol. The molecule has 1 saturated carbocycles. The minimum absolute atomic E-state index is 0.240. The summed E-state index contributed by atoms with van der Waals surface area (Å²) in [6.45, 7) is 9.98. The van der Waals surface area contributed by atoms with Gasteiger partial charge in [0.2, 0.25) is 0 Å². The molecule has 24 heavy (non-hydrogen) atoms. The van der Waals surface area contributed by atoms with Gasteiger partial charge in [0, 0.05) is 16.4 Å². The molecule has 0 aromatic carbocycles. The Bertz CT molecular complexity index is 406. The van der Waals surface area contributed by atoms with E-state index in [0.29, 0.717) is 5.54 Å². The molecule has 3 nitrogen and oxygen atoms in total. The maximum atomic E-state index is 11.4. The molecule has 0 radical (unpaired) electrons. The highest BCUT2D eigenvalue weighted by Crippen LogP contribution is 2.36. The van der Waals surface area contributed by atoms with E-state index in [1.807, 2.05) is 0 Å². The number of thioether (sulfide) groups is 1. The quantitative estimate of drug-likeness (QED) is 0.431. The van der Waals surface area contributed by atoms with Crippen LogP contribution in [0.4, 0.5) is 0 Å². The zero-order valence-corrected chi connectivity index (χ0v) is 17.3. The van der Waals surface area contributed by atoms with Crippen molar-refractivity contribution in [2.45, 2.75) is 91.0 Å². The third kappa shape index (κ3) is 6.51. The summed E-state index contributed by atoms with van der Waals surface area (Å²) in [5.74, 6) is 1.07. The summed E-state index contributed by atoms with van der Waals surface area (Å²) in [4.78, 5) is 12.5. The summed E-state index contributed by atoms with van der Waals surface area (Å²) in [6, 6.07) is 0. The average molecular weight is 355 g/mol. The molecule has 1 N–H and O–H groups in total. The van der Waals surface area contributed by atoms with Crippen LogP contribution >= 0.6 is 11.8 Å². The fraction of sp³-hybridized carbons (Fsp3) is 0.900. The van der Waals surface area contributed by atoms with Crippen molar-refractivity contribution in [3.05, 3.63) is 15.5 Å². The molecule has 0 aromatic heterocycles. The van der Waals surface area contributed by atoms with E-state index >= 15 is 0 Å². The smallest absolute Gasteiger partial charge is 0.0971 e. The first-order valence-corrected chi connectivity index (χ1v) is 11.1. The molecule has 3 atom stereocenters. The normalized spacial score (nSPS) is 26.8.